The summed E-state index contributed by atoms with van der Waals surface area (Å²) in [6.45, 7) is 0.302. The average Bonchev–Trinajstić information content (AvgIpc) is 3.50. The van der Waals surface area contributed by atoms with Crippen LogP contribution in [0.25, 0.3) is 0 Å². The Hall–Kier alpha value is -3.16. The number of amides is 2. The molecule has 222 valence electrons. The van der Waals surface area contributed by atoms with Gasteiger partial charge in [-0.15, -0.1) is 0 Å². The summed E-state index contributed by atoms with van der Waals surface area (Å²) in [6, 6.07) is 8.09. The summed E-state index contributed by atoms with van der Waals surface area (Å²) in [5, 5.41) is 2.27. The van der Waals surface area contributed by atoms with Crippen LogP contribution >= 0.6 is 0 Å². The molecule has 41 heavy (non-hydrogen) atoms. The van der Waals surface area contributed by atoms with Gasteiger partial charge in [0.15, 0.2) is 0 Å². The van der Waals surface area contributed by atoms with Gasteiger partial charge in [0.2, 0.25) is 10.0 Å². The van der Waals surface area contributed by atoms with E-state index < -0.39 is 33.8 Å². The number of benzene rings is 2. The molecule has 0 aromatic heterocycles. The highest BCUT2D eigenvalue weighted by Gasteiger charge is 2.39. The summed E-state index contributed by atoms with van der Waals surface area (Å²) < 4.78 is 78.6. The number of anilines is 1. The third-order valence-electron chi connectivity index (χ3n) is 8.00. The van der Waals surface area contributed by atoms with Crippen LogP contribution in [0, 0.1) is 0 Å². The van der Waals surface area contributed by atoms with Crippen molar-refractivity contribution in [1.82, 2.24) is 9.62 Å². The molecule has 2 fully saturated rings. The fourth-order valence-electron chi connectivity index (χ4n) is 5.64. The van der Waals surface area contributed by atoms with Crippen molar-refractivity contribution in [2.24, 2.45) is 0 Å². The zero-order valence-electron chi connectivity index (χ0n) is 22.4. The summed E-state index contributed by atoms with van der Waals surface area (Å²) >= 11 is 0. The topological polar surface area (TPSA) is 114 Å². The van der Waals surface area contributed by atoms with Crippen LogP contribution in [0.1, 0.15) is 64.8 Å². The number of hydrogen-bond acceptors (Lipinski definition) is 6. The molecule has 0 radical (unpaired) electrons. The van der Waals surface area contributed by atoms with Gasteiger partial charge in [-0.1, -0.05) is 12.8 Å². The third kappa shape index (κ3) is 6.52. The highest BCUT2D eigenvalue weighted by atomic mass is 32.2. The molecule has 2 amide bonds. The van der Waals surface area contributed by atoms with E-state index in [0.29, 0.717) is 31.4 Å². The summed E-state index contributed by atoms with van der Waals surface area (Å²) in [6.07, 6.45) is -0.991. The second kappa shape index (κ2) is 11.6. The number of likely N-dealkylation sites (N-methyl/N-ethyl adjacent to an activating group) is 1. The maximum absolute atomic E-state index is 13.4. The summed E-state index contributed by atoms with van der Waals surface area (Å²) in [7, 11) is -1.74. The monoisotopic (exact) mass is 595 g/mol. The van der Waals surface area contributed by atoms with Crippen LogP contribution in [-0.4, -0.2) is 68.8 Å². The first kappa shape index (κ1) is 29.3. The Morgan fingerprint density at radius 2 is 1.76 bits per heavy atom. The number of rotatable bonds is 6. The summed E-state index contributed by atoms with van der Waals surface area (Å²) in [5.41, 5.74) is -0.317. The number of carbonyl (C=O) groups is 2. The molecule has 5 rings (SSSR count). The average molecular weight is 596 g/mol. The second-order valence-corrected chi connectivity index (χ2v) is 12.8. The van der Waals surface area contributed by atoms with Gasteiger partial charge in [0.1, 0.15) is 18.5 Å². The molecule has 3 aliphatic rings. The van der Waals surface area contributed by atoms with Crippen molar-refractivity contribution in [1.29, 1.82) is 0 Å². The predicted octanol–water partition coefficient (Wildman–Crippen LogP) is 4.20. The van der Waals surface area contributed by atoms with E-state index in [0.717, 1.165) is 37.1 Å². The lowest BCUT2D eigenvalue weighted by atomic mass is 9.96. The van der Waals surface area contributed by atoms with E-state index in [1.54, 1.807) is 18.0 Å². The SMILES string of the molecule is CN1C(=O)c2cc(NC(=O)c3ccc(C(F)(F)F)cc3)ccc2OC[C@@H]2O[C@H](CNS(=O)(=O)C3CCCC3)CC[C@@H]21. The standard InChI is InChI=1S/C28H32F3N3O6S/c1-34-23-12-11-20(15-32-41(37,38)21-4-2-3-5-21)40-25(23)16-39-24-13-10-19(14-22(24)27(34)36)33-26(35)17-6-8-18(9-7-17)28(29,30)31/h6-10,13-14,20-21,23,25,32H,2-5,11-12,15-16H2,1H3,(H,33,35)/t20-,23-,25-/m0/s1. The fraction of sp³-hybridized carbons (Fsp3) is 0.500. The number of alkyl halides is 3. The number of nitrogens with zero attached hydrogens (tertiary/aromatic N) is 1. The highest BCUT2D eigenvalue weighted by molar-refractivity contribution is 7.90. The summed E-state index contributed by atoms with van der Waals surface area (Å²) in [4.78, 5) is 27.7. The van der Waals surface area contributed by atoms with E-state index in [4.69, 9.17) is 9.47 Å². The molecule has 9 nitrogen and oxygen atoms in total. The van der Waals surface area contributed by atoms with Gasteiger partial charge >= 0.3 is 6.18 Å². The predicted molar refractivity (Wildman–Crippen MR) is 144 cm³/mol. The lowest BCUT2D eigenvalue weighted by Gasteiger charge is -2.42. The van der Waals surface area contributed by atoms with Gasteiger partial charge in [-0.05, 0) is 68.1 Å². The molecule has 2 aromatic carbocycles. The van der Waals surface area contributed by atoms with E-state index in [9.17, 15) is 31.2 Å². The maximum atomic E-state index is 13.4. The second-order valence-electron chi connectivity index (χ2n) is 10.7. The minimum atomic E-state index is -4.51. The Bertz CT molecular complexity index is 1390. The molecule has 1 saturated heterocycles. The molecule has 2 aromatic rings. The number of sulfonamides is 1. The van der Waals surface area contributed by atoms with Crippen LogP contribution in [-0.2, 0) is 20.9 Å². The van der Waals surface area contributed by atoms with Crippen molar-refractivity contribution in [2.75, 3.05) is 25.5 Å². The van der Waals surface area contributed by atoms with Crippen LogP contribution in [0.15, 0.2) is 42.5 Å². The lowest BCUT2D eigenvalue weighted by molar-refractivity contribution is -0.137. The Morgan fingerprint density at radius 1 is 1.05 bits per heavy atom. The summed E-state index contributed by atoms with van der Waals surface area (Å²) in [5.74, 6) is -0.675. The van der Waals surface area contributed by atoms with Crippen LogP contribution in [0.5, 0.6) is 5.75 Å². The van der Waals surface area contributed by atoms with Gasteiger partial charge in [-0.2, -0.15) is 13.2 Å². The molecule has 2 N–H and O–H groups in total. The van der Waals surface area contributed by atoms with E-state index >= 15 is 0 Å². The minimum Gasteiger partial charge on any atom is -0.490 e. The molecule has 0 unspecified atom stereocenters. The molecular formula is C28H32F3N3O6S. The van der Waals surface area contributed by atoms with Gasteiger partial charge in [-0.25, -0.2) is 13.1 Å². The molecule has 1 saturated carbocycles. The van der Waals surface area contributed by atoms with Gasteiger partial charge < -0.3 is 19.7 Å². The molecule has 0 spiro atoms. The van der Waals surface area contributed by atoms with Gasteiger partial charge in [0.25, 0.3) is 11.8 Å². The molecule has 1 aliphatic carbocycles. The van der Waals surface area contributed by atoms with Gasteiger partial charge in [0.05, 0.1) is 28.5 Å². The Morgan fingerprint density at radius 3 is 2.44 bits per heavy atom. The van der Waals surface area contributed by atoms with Crippen molar-refractivity contribution >= 4 is 27.5 Å². The molecule has 13 heteroatoms. The Labute approximate surface area is 236 Å². The van der Waals surface area contributed by atoms with E-state index in [1.807, 2.05) is 0 Å². The van der Waals surface area contributed by atoms with Crippen LogP contribution in [0.2, 0.25) is 0 Å². The molecule has 0 bridgehead atoms. The minimum absolute atomic E-state index is 0.0340. The highest BCUT2D eigenvalue weighted by Crippen LogP contribution is 2.33. The van der Waals surface area contributed by atoms with Crippen molar-refractivity contribution in [3.8, 4) is 5.75 Å². The molecule has 3 atom stereocenters. The maximum Gasteiger partial charge on any atom is 0.416 e. The van der Waals surface area contributed by atoms with Crippen LogP contribution < -0.4 is 14.8 Å². The first-order chi connectivity index (χ1) is 19.4. The smallest absolute Gasteiger partial charge is 0.416 e. The fourth-order valence-corrected chi connectivity index (χ4v) is 7.25. The number of carbonyl (C=O) groups excluding carboxylic acids is 2. The molecular weight excluding hydrogens is 563 g/mol. The van der Waals surface area contributed by atoms with Crippen molar-refractivity contribution in [2.45, 2.75) is 68.2 Å². The zero-order chi connectivity index (χ0) is 29.4. The number of hydrogen-bond donors (Lipinski definition) is 2. The number of ether oxygens (including phenoxy) is 2. The Kier molecular flexibility index (Phi) is 8.31. The number of fused-ring (bicyclic) bond motifs is 2. The Balaban J connectivity index is 1.24. The number of halogens is 3. The van der Waals surface area contributed by atoms with E-state index in [-0.39, 0.29) is 53.3 Å². The normalized spacial score (nSPS) is 23.7. The largest absolute Gasteiger partial charge is 0.490 e. The van der Waals surface area contributed by atoms with Crippen molar-refractivity contribution in [3.05, 3.63) is 59.2 Å². The van der Waals surface area contributed by atoms with Crippen molar-refractivity contribution in [3.63, 3.8) is 0 Å². The van der Waals surface area contributed by atoms with Crippen LogP contribution in [0.4, 0.5) is 18.9 Å². The molecule has 2 aliphatic heterocycles. The van der Waals surface area contributed by atoms with Crippen LogP contribution in [0.3, 0.4) is 0 Å². The van der Waals surface area contributed by atoms with E-state index in [2.05, 4.69) is 10.0 Å². The first-order valence-electron chi connectivity index (χ1n) is 13.6. The van der Waals surface area contributed by atoms with Gasteiger partial charge in [-0.3, -0.25) is 9.59 Å². The third-order valence-corrected chi connectivity index (χ3v) is 9.92. The first-order valence-corrected chi connectivity index (χ1v) is 15.1. The number of nitrogens with one attached hydrogen (secondary N) is 2. The zero-order valence-corrected chi connectivity index (χ0v) is 23.3. The van der Waals surface area contributed by atoms with Crippen molar-refractivity contribution < 1.29 is 40.7 Å². The van der Waals surface area contributed by atoms with E-state index in [1.165, 1.54) is 12.1 Å². The molecule has 2 heterocycles. The lowest BCUT2D eigenvalue weighted by Crippen LogP contribution is -2.55. The quantitative estimate of drug-likeness (QED) is 0.518. The van der Waals surface area contributed by atoms with Gasteiger partial charge in [0, 0.05) is 24.8 Å².